The molecular weight excluding hydrogens is 204 g/mol. The van der Waals surface area contributed by atoms with Crippen molar-refractivity contribution >= 4 is 11.7 Å². The molecule has 0 aromatic heterocycles. The SMILES string of the molecule is CCCC(NC)C(=O)C(=O)NC(CC)CC. The van der Waals surface area contributed by atoms with Crippen LogP contribution < -0.4 is 10.6 Å². The van der Waals surface area contributed by atoms with E-state index in [0.717, 1.165) is 19.3 Å². The summed E-state index contributed by atoms with van der Waals surface area (Å²) in [5.74, 6) is -0.808. The van der Waals surface area contributed by atoms with E-state index in [-0.39, 0.29) is 17.9 Å². The van der Waals surface area contributed by atoms with Gasteiger partial charge >= 0.3 is 0 Å². The van der Waals surface area contributed by atoms with Crippen molar-refractivity contribution in [3.8, 4) is 0 Å². The maximum absolute atomic E-state index is 11.8. The summed E-state index contributed by atoms with van der Waals surface area (Å²) in [7, 11) is 1.71. The summed E-state index contributed by atoms with van der Waals surface area (Å²) in [4.78, 5) is 23.4. The lowest BCUT2D eigenvalue weighted by Crippen LogP contribution is -2.46. The van der Waals surface area contributed by atoms with Crippen LogP contribution in [0.1, 0.15) is 46.5 Å². The Kier molecular flexibility index (Phi) is 7.81. The van der Waals surface area contributed by atoms with Crippen LogP contribution in [0.15, 0.2) is 0 Å². The number of nitrogens with one attached hydrogen (secondary N) is 2. The van der Waals surface area contributed by atoms with Gasteiger partial charge in [0.1, 0.15) is 0 Å². The van der Waals surface area contributed by atoms with Gasteiger partial charge < -0.3 is 10.6 Å². The zero-order valence-corrected chi connectivity index (χ0v) is 10.8. The number of rotatable bonds is 8. The van der Waals surface area contributed by atoms with Crippen molar-refractivity contribution in [2.75, 3.05) is 7.05 Å². The second-order valence-corrected chi connectivity index (χ2v) is 3.98. The highest BCUT2D eigenvalue weighted by Gasteiger charge is 2.24. The number of amides is 1. The lowest BCUT2D eigenvalue weighted by molar-refractivity contribution is -0.139. The largest absolute Gasteiger partial charge is 0.347 e. The first-order chi connectivity index (χ1) is 7.60. The Balaban J connectivity index is 4.30. The Morgan fingerprint density at radius 2 is 1.69 bits per heavy atom. The molecule has 1 amide bonds. The van der Waals surface area contributed by atoms with E-state index >= 15 is 0 Å². The fraction of sp³-hybridized carbons (Fsp3) is 0.833. The second-order valence-electron chi connectivity index (χ2n) is 3.98. The smallest absolute Gasteiger partial charge is 0.289 e. The number of Topliss-reactive ketones (excluding diaryl/α,β-unsaturated/α-hetero) is 1. The standard InChI is InChI=1S/C12H24N2O2/c1-5-8-10(13-4)11(15)12(16)14-9(6-2)7-3/h9-10,13H,5-8H2,1-4H3,(H,14,16). The summed E-state index contributed by atoms with van der Waals surface area (Å²) < 4.78 is 0. The Hall–Kier alpha value is -0.900. The lowest BCUT2D eigenvalue weighted by atomic mass is 10.1. The Bertz CT molecular complexity index is 225. The summed E-state index contributed by atoms with van der Waals surface area (Å²) in [6.45, 7) is 6.00. The van der Waals surface area contributed by atoms with Crippen molar-refractivity contribution in [1.29, 1.82) is 0 Å². The summed E-state index contributed by atoms with van der Waals surface area (Å²) in [5, 5.41) is 5.64. The van der Waals surface area contributed by atoms with Crippen molar-refractivity contribution in [2.24, 2.45) is 0 Å². The molecule has 0 saturated carbocycles. The molecule has 0 fully saturated rings. The minimum absolute atomic E-state index is 0.107. The third-order valence-corrected chi connectivity index (χ3v) is 2.79. The molecule has 0 aromatic carbocycles. The first kappa shape index (κ1) is 15.1. The summed E-state index contributed by atoms with van der Waals surface area (Å²) in [6.07, 6.45) is 3.29. The molecule has 0 saturated heterocycles. The van der Waals surface area contributed by atoms with Crippen LogP contribution in [-0.4, -0.2) is 30.8 Å². The molecule has 2 N–H and O–H groups in total. The van der Waals surface area contributed by atoms with Crippen LogP contribution in [0.2, 0.25) is 0 Å². The molecule has 16 heavy (non-hydrogen) atoms. The van der Waals surface area contributed by atoms with Gasteiger partial charge in [-0.2, -0.15) is 0 Å². The second kappa shape index (κ2) is 8.28. The van der Waals surface area contributed by atoms with E-state index < -0.39 is 5.91 Å². The zero-order chi connectivity index (χ0) is 12.6. The zero-order valence-electron chi connectivity index (χ0n) is 10.8. The van der Waals surface area contributed by atoms with E-state index in [4.69, 9.17) is 0 Å². The molecule has 0 bridgehead atoms. The fourth-order valence-electron chi connectivity index (χ4n) is 1.60. The van der Waals surface area contributed by atoms with Crippen molar-refractivity contribution in [3.63, 3.8) is 0 Å². The van der Waals surface area contributed by atoms with Gasteiger partial charge in [0.25, 0.3) is 5.91 Å². The van der Waals surface area contributed by atoms with Crippen molar-refractivity contribution in [1.82, 2.24) is 10.6 Å². The average Bonchev–Trinajstić information content (AvgIpc) is 2.31. The normalized spacial score (nSPS) is 12.6. The van der Waals surface area contributed by atoms with Gasteiger partial charge in [0.15, 0.2) is 0 Å². The van der Waals surface area contributed by atoms with Crippen LogP contribution in [0.4, 0.5) is 0 Å². The van der Waals surface area contributed by atoms with E-state index in [2.05, 4.69) is 10.6 Å². The minimum Gasteiger partial charge on any atom is -0.347 e. The molecule has 0 spiro atoms. The maximum Gasteiger partial charge on any atom is 0.289 e. The number of carbonyl (C=O) groups is 2. The van der Waals surface area contributed by atoms with Crippen LogP contribution in [0, 0.1) is 0 Å². The van der Waals surface area contributed by atoms with Crippen LogP contribution >= 0.6 is 0 Å². The van der Waals surface area contributed by atoms with Gasteiger partial charge in [0, 0.05) is 6.04 Å². The molecule has 0 aliphatic rings. The third-order valence-electron chi connectivity index (χ3n) is 2.79. The van der Waals surface area contributed by atoms with Crippen molar-refractivity contribution < 1.29 is 9.59 Å². The monoisotopic (exact) mass is 228 g/mol. The molecule has 94 valence electrons. The maximum atomic E-state index is 11.8. The van der Waals surface area contributed by atoms with E-state index in [0.29, 0.717) is 6.42 Å². The molecule has 1 unspecified atom stereocenters. The molecule has 0 aliphatic carbocycles. The Morgan fingerprint density at radius 3 is 2.06 bits per heavy atom. The summed E-state index contributed by atoms with van der Waals surface area (Å²) >= 11 is 0. The number of ketones is 1. The lowest BCUT2D eigenvalue weighted by Gasteiger charge is -2.17. The highest BCUT2D eigenvalue weighted by Crippen LogP contribution is 2.00. The fourth-order valence-corrected chi connectivity index (χ4v) is 1.60. The van der Waals surface area contributed by atoms with E-state index in [1.165, 1.54) is 0 Å². The molecule has 4 heteroatoms. The van der Waals surface area contributed by atoms with Crippen molar-refractivity contribution in [2.45, 2.75) is 58.5 Å². The van der Waals surface area contributed by atoms with Gasteiger partial charge in [0.2, 0.25) is 5.78 Å². The first-order valence-electron chi connectivity index (χ1n) is 6.12. The Morgan fingerprint density at radius 1 is 1.12 bits per heavy atom. The van der Waals surface area contributed by atoms with Crippen LogP contribution in [0.5, 0.6) is 0 Å². The summed E-state index contributed by atoms with van der Waals surface area (Å²) in [5.41, 5.74) is 0. The van der Waals surface area contributed by atoms with Gasteiger partial charge in [-0.1, -0.05) is 27.2 Å². The molecule has 0 aromatic rings. The molecule has 0 heterocycles. The minimum atomic E-state index is -0.457. The number of hydrogen-bond donors (Lipinski definition) is 2. The van der Waals surface area contributed by atoms with Crippen LogP contribution in [-0.2, 0) is 9.59 Å². The molecular formula is C12H24N2O2. The van der Waals surface area contributed by atoms with E-state index in [9.17, 15) is 9.59 Å². The highest BCUT2D eigenvalue weighted by atomic mass is 16.2. The Labute approximate surface area is 98.2 Å². The molecule has 0 radical (unpaired) electrons. The number of carbonyl (C=O) groups excluding carboxylic acids is 2. The van der Waals surface area contributed by atoms with Crippen LogP contribution in [0.3, 0.4) is 0 Å². The first-order valence-corrected chi connectivity index (χ1v) is 6.12. The van der Waals surface area contributed by atoms with Gasteiger partial charge in [-0.05, 0) is 26.3 Å². The van der Waals surface area contributed by atoms with Gasteiger partial charge in [0.05, 0.1) is 6.04 Å². The number of likely N-dealkylation sites (N-methyl/N-ethyl adjacent to an activating group) is 1. The van der Waals surface area contributed by atoms with Gasteiger partial charge in [-0.3, -0.25) is 9.59 Å². The highest BCUT2D eigenvalue weighted by molar-refractivity contribution is 6.38. The van der Waals surface area contributed by atoms with E-state index in [1.54, 1.807) is 7.05 Å². The topological polar surface area (TPSA) is 58.2 Å². The molecule has 0 aliphatic heterocycles. The van der Waals surface area contributed by atoms with Gasteiger partial charge in [-0.15, -0.1) is 0 Å². The molecule has 0 rings (SSSR count). The predicted octanol–water partition coefficient (Wildman–Crippen LogP) is 1.25. The number of hydrogen-bond acceptors (Lipinski definition) is 3. The third kappa shape index (κ3) is 4.75. The molecule has 4 nitrogen and oxygen atoms in total. The predicted molar refractivity (Wildman–Crippen MR) is 65.3 cm³/mol. The van der Waals surface area contributed by atoms with Crippen LogP contribution in [0.25, 0.3) is 0 Å². The molecule has 1 atom stereocenters. The average molecular weight is 228 g/mol. The van der Waals surface area contributed by atoms with E-state index in [1.807, 2.05) is 20.8 Å². The quantitative estimate of drug-likeness (QED) is 0.615. The summed E-state index contributed by atoms with van der Waals surface area (Å²) in [6, 6.07) is -0.241. The van der Waals surface area contributed by atoms with Gasteiger partial charge in [-0.25, -0.2) is 0 Å². The van der Waals surface area contributed by atoms with Crippen molar-refractivity contribution in [3.05, 3.63) is 0 Å².